The normalized spacial score (nSPS) is 19.7. The maximum atomic E-state index is 12.5. The van der Waals surface area contributed by atoms with Crippen LogP contribution in [0.3, 0.4) is 0 Å². The highest BCUT2D eigenvalue weighted by Gasteiger charge is 2.28. The van der Waals surface area contributed by atoms with Gasteiger partial charge in [0.05, 0.1) is 5.56 Å². The van der Waals surface area contributed by atoms with Crippen LogP contribution < -0.4 is 0 Å². The molecule has 1 fully saturated rings. The SMILES string of the molecule is CCC1CCCN1C(=O)c1cc(Br)ccc1Br. The molecule has 1 aromatic rings. The lowest BCUT2D eigenvalue weighted by Gasteiger charge is -2.24. The topological polar surface area (TPSA) is 20.3 Å². The van der Waals surface area contributed by atoms with E-state index in [1.54, 1.807) is 0 Å². The van der Waals surface area contributed by atoms with Gasteiger partial charge in [-0.1, -0.05) is 22.9 Å². The molecule has 4 heteroatoms. The highest BCUT2D eigenvalue weighted by Crippen LogP contribution is 2.27. The molecule has 1 aliphatic rings. The van der Waals surface area contributed by atoms with Crippen LogP contribution in [0.1, 0.15) is 36.5 Å². The van der Waals surface area contributed by atoms with Gasteiger partial charge in [0.1, 0.15) is 0 Å². The fraction of sp³-hybridized carbons (Fsp3) is 0.462. The Hall–Kier alpha value is -0.350. The van der Waals surface area contributed by atoms with Crippen LogP contribution in [0.4, 0.5) is 0 Å². The van der Waals surface area contributed by atoms with Crippen molar-refractivity contribution in [3.8, 4) is 0 Å². The summed E-state index contributed by atoms with van der Waals surface area (Å²) in [6.07, 6.45) is 3.29. The van der Waals surface area contributed by atoms with Crippen molar-refractivity contribution in [1.29, 1.82) is 0 Å². The van der Waals surface area contributed by atoms with E-state index in [4.69, 9.17) is 0 Å². The first kappa shape index (κ1) is 13.1. The summed E-state index contributed by atoms with van der Waals surface area (Å²) in [5.74, 6) is 0.141. The van der Waals surface area contributed by atoms with E-state index in [0.29, 0.717) is 6.04 Å². The summed E-state index contributed by atoms with van der Waals surface area (Å²) in [7, 11) is 0. The van der Waals surface area contributed by atoms with Gasteiger partial charge in [0.15, 0.2) is 0 Å². The van der Waals surface area contributed by atoms with Crippen LogP contribution in [-0.4, -0.2) is 23.4 Å². The third-order valence-electron chi connectivity index (χ3n) is 3.27. The monoisotopic (exact) mass is 359 g/mol. The quantitative estimate of drug-likeness (QED) is 0.772. The zero-order valence-corrected chi connectivity index (χ0v) is 12.9. The van der Waals surface area contributed by atoms with E-state index in [0.717, 1.165) is 40.3 Å². The van der Waals surface area contributed by atoms with Crippen molar-refractivity contribution in [2.24, 2.45) is 0 Å². The van der Waals surface area contributed by atoms with E-state index in [-0.39, 0.29) is 5.91 Å². The number of carbonyl (C=O) groups is 1. The second-order valence-electron chi connectivity index (χ2n) is 4.33. The Morgan fingerprint density at radius 3 is 2.94 bits per heavy atom. The minimum absolute atomic E-state index is 0.141. The zero-order chi connectivity index (χ0) is 12.4. The Kier molecular flexibility index (Phi) is 4.26. The lowest BCUT2D eigenvalue weighted by atomic mass is 10.1. The maximum absolute atomic E-state index is 12.5. The summed E-state index contributed by atoms with van der Waals surface area (Å²) in [5.41, 5.74) is 0.750. The van der Waals surface area contributed by atoms with E-state index in [9.17, 15) is 4.79 Å². The predicted octanol–water partition coefficient (Wildman–Crippen LogP) is 4.23. The van der Waals surface area contributed by atoms with Gasteiger partial charge in [-0.3, -0.25) is 4.79 Å². The number of hydrogen-bond acceptors (Lipinski definition) is 1. The molecule has 0 aliphatic carbocycles. The molecule has 1 aromatic carbocycles. The third kappa shape index (κ3) is 2.74. The molecule has 0 saturated carbocycles. The molecule has 2 nitrogen and oxygen atoms in total. The molecule has 17 heavy (non-hydrogen) atoms. The van der Waals surface area contributed by atoms with Gasteiger partial charge >= 0.3 is 0 Å². The van der Waals surface area contributed by atoms with Gasteiger partial charge in [0.25, 0.3) is 5.91 Å². The van der Waals surface area contributed by atoms with E-state index >= 15 is 0 Å². The van der Waals surface area contributed by atoms with Crippen LogP contribution in [0.15, 0.2) is 27.1 Å². The molecule has 1 aliphatic heterocycles. The number of benzene rings is 1. The van der Waals surface area contributed by atoms with Crippen molar-refractivity contribution in [3.05, 3.63) is 32.7 Å². The summed E-state index contributed by atoms with van der Waals surface area (Å²) in [6, 6.07) is 6.14. The largest absolute Gasteiger partial charge is 0.336 e. The lowest BCUT2D eigenvalue weighted by molar-refractivity contribution is 0.0732. The summed E-state index contributed by atoms with van der Waals surface area (Å²) in [4.78, 5) is 14.5. The number of hydrogen-bond donors (Lipinski definition) is 0. The molecule has 1 heterocycles. The van der Waals surface area contributed by atoms with Gasteiger partial charge in [-0.25, -0.2) is 0 Å². The molecule has 1 atom stereocenters. The fourth-order valence-electron chi connectivity index (χ4n) is 2.34. The lowest BCUT2D eigenvalue weighted by Crippen LogP contribution is -2.35. The van der Waals surface area contributed by atoms with E-state index in [1.165, 1.54) is 0 Å². The molecule has 1 unspecified atom stereocenters. The Labute approximate surface area is 119 Å². The molecule has 0 N–H and O–H groups in total. The average Bonchev–Trinajstić information content (AvgIpc) is 2.79. The van der Waals surface area contributed by atoms with Crippen LogP contribution in [0, 0.1) is 0 Å². The first-order chi connectivity index (χ1) is 8.13. The summed E-state index contributed by atoms with van der Waals surface area (Å²) in [5, 5.41) is 0. The van der Waals surface area contributed by atoms with Crippen LogP contribution in [-0.2, 0) is 0 Å². The van der Waals surface area contributed by atoms with Crippen LogP contribution in [0.5, 0.6) is 0 Å². The summed E-state index contributed by atoms with van der Waals surface area (Å²) >= 11 is 6.87. The standard InChI is InChI=1S/C13H15Br2NO/c1-2-10-4-3-7-16(10)13(17)11-8-9(14)5-6-12(11)15/h5-6,8,10H,2-4,7H2,1H3. The molecule has 1 saturated heterocycles. The van der Waals surface area contributed by atoms with Crippen LogP contribution in [0.2, 0.25) is 0 Å². The Morgan fingerprint density at radius 2 is 2.24 bits per heavy atom. The van der Waals surface area contributed by atoms with Crippen molar-refractivity contribution in [2.45, 2.75) is 32.2 Å². The van der Waals surface area contributed by atoms with Crippen LogP contribution >= 0.6 is 31.9 Å². The number of amides is 1. The highest BCUT2D eigenvalue weighted by atomic mass is 79.9. The van der Waals surface area contributed by atoms with E-state index < -0.39 is 0 Å². The Morgan fingerprint density at radius 1 is 1.47 bits per heavy atom. The molecule has 0 aromatic heterocycles. The summed E-state index contributed by atoms with van der Waals surface area (Å²) in [6.45, 7) is 3.03. The first-order valence-electron chi connectivity index (χ1n) is 5.89. The number of nitrogens with zero attached hydrogens (tertiary/aromatic N) is 1. The van der Waals surface area contributed by atoms with Gasteiger partial charge in [0, 0.05) is 21.5 Å². The second kappa shape index (κ2) is 5.53. The van der Waals surface area contributed by atoms with Crippen molar-refractivity contribution < 1.29 is 4.79 Å². The number of rotatable bonds is 2. The highest BCUT2D eigenvalue weighted by molar-refractivity contribution is 9.11. The number of likely N-dealkylation sites (tertiary alicyclic amines) is 1. The molecular formula is C13H15Br2NO. The molecule has 92 valence electrons. The molecule has 1 amide bonds. The Balaban J connectivity index is 2.27. The van der Waals surface area contributed by atoms with Gasteiger partial charge in [-0.2, -0.15) is 0 Å². The van der Waals surface area contributed by atoms with Crippen molar-refractivity contribution in [1.82, 2.24) is 4.90 Å². The smallest absolute Gasteiger partial charge is 0.255 e. The summed E-state index contributed by atoms with van der Waals surface area (Å²) < 4.78 is 1.81. The minimum atomic E-state index is 0.141. The van der Waals surface area contributed by atoms with Crippen molar-refractivity contribution in [3.63, 3.8) is 0 Å². The second-order valence-corrected chi connectivity index (χ2v) is 6.10. The van der Waals surface area contributed by atoms with E-state index in [1.807, 2.05) is 23.1 Å². The minimum Gasteiger partial charge on any atom is -0.336 e. The third-order valence-corrected chi connectivity index (χ3v) is 4.45. The molecule has 0 bridgehead atoms. The van der Waals surface area contributed by atoms with Gasteiger partial charge in [-0.15, -0.1) is 0 Å². The number of carbonyl (C=O) groups excluding carboxylic acids is 1. The molecule has 0 spiro atoms. The zero-order valence-electron chi connectivity index (χ0n) is 9.75. The number of halogens is 2. The fourth-order valence-corrected chi connectivity index (χ4v) is 3.12. The van der Waals surface area contributed by atoms with E-state index in [2.05, 4.69) is 38.8 Å². The van der Waals surface area contributed by atoms with Gasteiger partial charge in [0.2, 0.25) is 0 Å². The van der Waals surface area contributed by atoms with Crippen molar-refractivity contribution in [2.75, 3.05) is 6.54 Å². The molecule has 0 radical (unpaired) electrons. The molecule has 2 rings (SSSR count). The maximum Gasteiger partial charge on any atom is 0.255 e. The van der Waals surface area contributed by atoms with Crippen molar-refractivity contribution >= 4 is 37.8 Å². The predicted molar refractivity (Wildman–Crippen MR) is 76.2 cm³/mol. The van der Waals surface area contributed by atoms with Gasteiger partial charge < -0.3 is 4.90 Å². The van der Waals surface area contributed by atoms with Crippen LogP contribution in [0.25, 0.3) is 0 Å². The average molecular weight is 361 g/mol. The molecular weight excluding hydrogens is 346 g/mol. The Bertz CT molecular complexity index is 433. The van der Waals surface area contributed by atoms with Gasteiger partial charge in [-0.05, 0) is 53.4 Å². The first-order valence-corrected chi connectivity index (χ1v) is 7.48.